The van der Waals surface area contributed by atoms with Gasteiger partial charge in [0.1, 0.15) is 0 Å². The second-order valence-corrected chi connectivity index (χ2v) is 7.56. The van der Waals surface area contributed by atoms with E-state index >= 15 is 0 Å². The first-order valence-corrected chi connectivity index (χ1v) is 11.0. The minimum Gasteiger partial charge on any atom is -0.348 e. The molecule has 0 saturated heterocycles. The number of hydrogen-bond acceptors (Lipinski definition) is 2. The molecule has 0 spiro atoms. The Hall–Kier alpha value is -2.15. The van der Waals surface area contributed by atoms with Gasteiger partial charge in [0, 0.05) is 0 Å². The van der Waals surface area contributed by atoms with Crippen molar-refractivity contribution >= 4 is 0 Å². The quantitative estimate of drug-likeness (QED) is 0.262. The van der Waals surface area contributed by atoms with Gasteiger partial charge in [0.15, 0.2) is 6.29 Å². The van der Waals surface area contributed by atoms with E-state index in [0.29, 0.717) is 26.2 Å². The summed E-state index contributed by atoms with van der Waals surface area (Å²) in [6, 6.07) is 17.3. The highest BCUT2D eigenvalue weighted by molar-refractivity contribution is 5.23. The number of benzene rings is 2. The van der Waals surface area contributed by atoms with Crippen LogP contribution >= 0.6 is 0 Å². The van der Waals surface area contributed by atoms with Crippen molar-refractivity contribution in [2.75, 3.05) is 6.54 Å². The Kier molecular flexibility index (Phi) is 11.1. The lowest BCUT2D eigenvalue weighted by Crippen LogP contribution is -2.18. The van der Waals surface area contributed by atoms with Crippen LogP contribution in [0.2, 0.25) is 0 Å². The van der Waals surface area contributed by atoms with E-state index in [2.05, 4.69) is 67.2 Å². The van der Waals surface area contributed by atoms with Crippen LogP contribution < -0.4 is 0 Å². The molecule has 3 nitrogen and oxygen atoms in total. The van der Waals surface area contributed by atoms with Crippen LogP contribution in [0.15, 0.2) is 48.5 Å². The molecule has 0 aliphatic rings. The maximum absolute atomic E-state index is 7.06. The molecule has 0 bridgehead atoms. The Morgan fingerprint density at radius 3 is 1.52 bits per heavy atom. The molecule has 2 aromatic rings. The van der Waals surface area contributed by atoms with E-state index in [1.165, 1.54) is 36.8 Å². The first-order chi connectivity index (χ1) is 14.2. The van der Waals surface area contributed by atoms with Crippen molar-refractivity contribution in [1.82, 2.24) is 0 Å². The summed E-state index contributed by atoms with van der Waals surface area (Å²) in [5, 5.41) is 0. The van der Waals surface area contributed by atoms with Crippen molar-refractivity contribution in [3.05, 3.63) is 82.2 Å². The molecule has 29 heavy (non-hydrogen) atoms. The monoisotopic (exact) mass is 393 g/mol. The third kappa shape index (κ3) is 9.26. The predicted octanol–water partition coefficient (Wildman–Crippen LogP) is 6.74. The van der Waals surface area contributed by atoms with Gasteiger partial charge in [-0.05, 0) is 47.9 Å². The van der Waals surface area contributed by atoms with Crippen LogP contribution in [0.5, 0.6) is 0 Å². The van der Waals surface area contributed by atoms with Crippen molar-refractivity contribution in [1.29, 1.82) is 0 Å². The lowest BCUT2D eigenvalue weighted by Gasteiger charge is -2.17. The van der Waals surface area contributed by atoms with Gasteiger partial charge in [0.25, 0.3) is 0 Å². The van der Waals surface area contributed by atoms with E-state index in [1.54, 1.807) is 0 Å². The molecule has 156 valence electrons. The molecular weight excluding hydrogens is 358 g/mol. The number of nitrogens with zero attached hydrogens (tertiary/aromatic N) is 1. The Balaban J connectivity index is 1.83. The summed E-state index contributed by atoms with van der Waals surface area (Å²) in [4.78, 5) is 3.46. The predicted molar refractivity (Wildman–Crippen MR) is 120 cm³/mol. The van der Waals surface area contributed by atoms with Gasteiger partial charge in [0.2, 0.25) is 6.54 Å². The molecule has 0 aliphatic carbocycles. The highest BCUT2D eigenvalue weighted by Crippen LogP contribution is 2.14. The molecule has 0 amide bonds. The zero-order valence-electron chi connectivity index (χ0n) is 18.0. The van der Waals surface area contributed by atoms with Crippen molar-refractivity contribution in [2.45, 2.75) is 78.3 Å². The highest BCUT2D eigenvalue weighted by Gasteiger charge is 2.12. The number of rotatable bonds is 14. The van der Waals surface area contributed by atoms with Gasteiger partial charge >= 0.3 is 0 Å². The van der Waals surface area contributed by atoms with Crippen molar-refractivity contribution in [2.24, 2.45) is 0 Å². The highest BCUT2D eigenvalue weighted by atomic mass is 16.7. The van der Waals surface area contributed by atoms with Crippen LogP contribution in [-0.2, 0) is 35.5 Å². The Bertz CT molecular complexity index is 660. The number of ether oxygens (including phenoxy) is 2. The standard InChI is InChI=1S/C26H35NO2/c1-4-6-8-22-10-14-24(15-11-22)20-28-26(18-19-27-3)29-21-25-16-12-23(13-17-25)9-7-5-2/h10-17,26H,4-9,18-21H2,1-2H3. The fraction of sp³-hybridized carbons (Fsp3) is 0.500. The molecule has 2 rings (SSSR count). The first kappa shape index (κ1) is 23.1. The van der Waals surface area contributed by atoms with Gasteiger partial charge in [-0.25, -0.2) is 6.57 Å². The summed E-state index contributed by atoms with van der Waals surface area (Å²) in [6.07, 6.45) is 7.37. The van der Waals surface area contributed by atoms with E-state index in [9.17, 15) is 0 Å². The minimum atomic E-state index is -0.358. The second kappa shape index (κ2) is 13.9. The van der Waals surface area contributed by atoms with Crippen LogP contribution in [-0.4, -0.2) is 12.8 Å². The molecule has 0 N–H and O–H groups in total. The molecule has 0 heterocycles. The molecule has 0 saturated carbocycles. The van der Waals surface area contributed by atoms with Crippen LogP contribution in [0.25, 0.3) is 4.85 Å². The van der Waals surface area contributed by atoms with Crippen LogP contribution in [0.1, 0.15) is 68.2 Å². The number of aryl methyl sites for hydroxylation is 2. The minimum absolute atomic E-state index is 0.358. The molecule has 0 fully saturated rings. The Morgan fingerprint density at radius 2 is 1.14 bits per heavy atom. The van der Waals surface area contributed by atoms with Crippen molar-refractivity contribution in [3.8, 4) is 0 Å². The lowest BCUT2D eigenvalue weighted by molar-refractivity contribution is -0.157. The average molecular weight is 394 g/mol. The van der Waals surface area contributed by atoms with Gasteiger partial charge in [-0.1, -0.05) is 75.2 Å². The van der Waals surface area contributed by atoms with E-state index in [-0.39, 0.29) is 6.29 Å². The van der Waals surface area contributed by atoms with Crippen LogP contribution in [0.4, 0.5) is 0 Å². The largest absolute Gasteiger partial charge is 0.348 e. The Labute approximate surface area is 176 Å². The molecule has 2 aromatic carbocycles. The topological polar surface area (TPSA) is 22.8 Å². The molecule has 3 heteroatoms. The number of hydrogen-bond donors (Lipinski definition) is 0. The van der Waals surface area contributed by atoms with Crippen molar-refractivity contribution in [3.63, 3.8) is 0 Å². The van der Waals surface area contributed by atoms with E-state index in [1.807, 2.05) is 0 Å². The molecule has 0 aromatic heterocycles. The zero-order valence-corrected chi connectivity index (χ0v) is 18.0. The van der Waals surface area contributed by atoms with E-state index in [4.69, 9.17) is 16.0 Å². The van der Waals surface area contributed by atoms with Crippen molar-refractivity contribution < 1.29 is 9.47 Å². The first-order valence-electron chi connectivity index (χ1n) is 11.0. The van der Waals surface area contributed by atoms with Gasteiger partial charge < -0.3 is 14.3 Å². The molecular formula is C26H35NO2. The lowest BCUT2D eigenvalue weighted by atomic mass is 10.1. The van der Waals surface area contributed by atoms with Gasteiger partial charge in [0.05, 0.1) is 19.6 Å². The van der Waals surface area contributed by atoms with E-state index < -0.39 is 0 Å². The molecule has 0 radical (unpaired) electrons. The molecule has 0 atom stereocenters. The summed E-state index contributed by atoms with van der Waals surface area (Å²) in [6.45, 7) is 12.9. The third-order valence-corrected chi connectivity index (χ3v) is 5.03. The maximum Gasteiger partial charge on any atom is 0.219 e. The van der Waals surface area contributed by atoms with Gasteiger partial charge in [-0.2, -0.15) is 0 Å². The fourth-order valence-corrected chi connectivity index (χ4v) is 3.13. The number of unbranched alkanes of at least 4 members (excludes halogenated alkanes) is 2. The summed E-state index contributed by atoms with van der Waals surface area (Å²) in [5.41, 5.74) is 5.03. The second-order valence-electron chi connectivity index (χ2n) is 7.56. The van der Waals surface area contributed by atoms with Crippen LogP contribution in [0.3, 0.4) is 0 Å². The Morgan fingerprint density at radius 1 is 0.724 bits per heavy atom. The average Bonchev–Trinajstić information content (AvgIpc) is 2.77. The SMILES string of the molecule is [C-]#[N+]CCC(OCc1ccc(CCCC)cc1)OCc1ccc(CCCC)cc1. The summed E-state index contributed by atoms with van der Waals surface area (Å²) >= 11 is 0. The van der Waals surface area contributed by atoms with Gasteiger partial charge in [-0.3, -0.25) is 0 Å². The van der Waals surface area contributed by atoms with Crippen LogP contribution in [0, 0.1) is 6.57 Å². The molecule has 0 aliphatic heterocycles. The van der Waals surface area contributed by atoms with E-state index in [0.717, 1.165) is 24.0 Å². The maximum atomic E-state index is 7.06. The summed E-state index contributed by atoms with van der Waals surface area (Å²) in [7, 11) is 0. The normalized spacial score (nSPS) is 11.0. The molecule has 0 unspecified atom stereocenters. The smallest absolute Gasteiger partial charge is 0.219 e. The van der Waals surface area contributed by atoms with Gasteiger partial charge in [-0.15, -0.1) is 0 Å². The summed E-state index contributed by atoms with van der Waals surface area (Å²) in [5.74, 6) is 0. The fourth-order valence-electron chi connectivity index (χ4n) is 3.13. The summed E-state index contributed by atoms with van der Waals surface area (Å²) < 4.78 is 12.0. The third-order valence-electron chi connectivity index (χ3n) is 5.03. The zero-order chi connectivity index (χ0) is 20.7.